The van der Waals surface area contributed by atoms with Gasteiger partial charge in [-0.1, -0.05) is 35.5 Å². The van der Waals surface area contributed by atoms with E-state index in [0.29, 0.717) is 13.0 Å². The van der Waals surface area contributed by atoms with Gasteiger partial charge in [-0.15, -0.1) is 10.2 Å². The lowest BCUT2D eigenvalue weighted by Crippen LogP contribution is -2.19. The maximum Gasteiger partial charge on any atom is 0.217 e. The van der Waals surface area contributed by atoms with Crippen molar-refractivity contribution in [1.82, 2.24) is 14.8 Å². The molecule has 1 atom stereocenters. The van der Waals surface area contributed by atoms with E-state index in [1.807, 2.05) is 24.3 Å². The van der Waals surface area contributed by atoms with Crippen molar-refractivity contribution >= 4 is 29.3 Å². The van der Waals surface area contributed by atoms with E-state index in [-0.39, 0.29) is 18.4 Å². The summed E-state index contributed by atoms with van der Waals surface area (Å²) in [6.07, 6.45) is 3.05. The largest absolute Gasteiger partial charge is 0.376 e. The molecule has 0 saturated carbocycles. The topological polar surface area (TPSA) is 83.0 Å². The monoisotopic (exact) mass is 380 g/mol. The summed E-state index contributed by atoms with van der Waals surface area (Å²) in [7, 11) is 0. The highest BCUT2D eigenvalue weighted by molar-refractivity contribution is 7.98. The predicted octanol–water partition coefficient (Wildman–Crippen LogP) is 2.82. The second-order valence-corrected chi connectivity index (χ2v) is 7.41. The highest BCUT2D eigenvalue weighted by atomic mass is 35.5. The summed E-state index contributed by atoms with van der Waals surface area (Å²) >= 11 is 7.65. The third kappa shape index (κ3) is 5.20. The van der Waals surface area contributed by atoms with E-state index in [4.69, 9.17) is 22.1 Å². The van der Waals surface area contributed by atoms with Crippen molar-refractivity contribution in [1.29, 1.82) is 0 Å². The number of nitrogens with two attached hydrogens (primary N) is 1. The van der Waals surface area contributed by atoms with E-state index in [0.717, 1.165) is 46.8 Å². The number of aryl methyl sites for hydroxylation is 1. The van der Waals surface area contributed by atoms with E-state index >= 15 is 0 Å². The van der Waals surface area contributed by atoms with Gasteiger partial charge in [-0.3, -0.25) is 4.79 Å². The summed E-state index contributed by atoms with van der Waals surface area (Å²) in [5.41, 5.74) is 6.40. The average Bonchev–Trinajstić information content (AvgIpc) is 3.22. The molecule has 0 spiro atoms. The predicted molar refractivity (Wildman–Crippen MR) is 97.5 cm³/mol. The third-order valence-corrected chi connectivity index (χ3v) is 5.33. The van der Waals surface area contributed by atoms with Crippen molar-refractivity contribution in [2.75, 3.05) is 6.61 Å². The molecule has 0 radical (unpaired) electrons. The van der Waals surface area contributed by atoms with Crippen molar-refractivity contribution in [2.45, 2.75) is 49.2 Å². The molecule has 1 unspecified atom stereocenters. The van der Waals surface area contributed by atoms with Crippen LogP contribution in [0, 0.1) is 0 Å². The fourth-order valence-electron chi connectivity index (χ4n) is 2.80. The molecule has 25 heavy (non-hydrogen) atoms. The SMILES string of the molecule is NC(=O)CCc1nnc(SCc2cccc(Cl)c2)n1CC1CCCO1. The minimum absolute atomic E-state index is 0.175. The van der Waals surface area contributed by atoms with Gasteiger partial charge in [0.05, 0.1) is 12.6 Å². The molecular formula is C17H21ClN4O2S. The van der Waals surface area contributed by atoms with Crippen molar-refractivity contribution < 1.29 is 9.53 Å². The van der Waals surface area contributed by atoms with Gasteiger partial charge in [-0.05, 0) is 30.5 Å². The van der Waals surface area contributed by atoms with Gasteiger partial charge in [-0.25, -0.2) is 0 Å². The number of thioether (sulfide) groups is 1. The van der Waals surface area contributed by atoms with Gasteiger partial charge >= 0.3 is 0 Å². The number of nitrogens with zero attached hydrogens (tertiary/aromatic N) is 3. The Bertz CT molecular complexity index is 731. The molecule has 0 aliphatic carbocycles. The van der Waals surface area contributed by atoms with E-state index in [1.54, 1.807) is 11.8 Å². The van der Waals surface area contributed by atoms with Crippen LogP contribution in [0.15, 0.2) is 29.4 Å². The third-order valence-electron chi connectivity index (χ3n) is 4.06. The van der Waals surface area contributed by atoms with Gasteiger partial charge in [-0.2, -0.15) is 0 Å². The lowest BCUT2D eigenvalue weighted by atomic mass is 10.2. The van der Waals surface area contributed by atoms with Crippen LogP contribution in [0.5, 0.6) is 0 Å². The smallest absolute Gasteiger partial charge is 0.217 e. The summed E-state index contributed by atoms with van der Waals surface area (Å²) in [6.45, 7) is 1.51. The number of primary amides is 1. The Labute approximate surface area is 156 Å². The van der Waals surface area contributed by atoms with Gasteiger partial charge in [0.25, 0.3) is 0 Å². The summed E-state index contributed by atoms with van der Waals surface area (Å²) < 4.78 is 7.81. The first kappa shape index (κ1) is 18.2. The van der Waals surface area contributed by atoms with Crippen LogP contribution in [-0.4, -0.2) is 33.4 Å². The van der Waals surface area contributed by atoms with Crippen LogP contribution in [0.25, 0.3) is 0 Å². The van der Waals surface area contributed by atoms with Crippen LogP contribution >= 0.6 is 23.4 Å². The molecule has 1 aliphatic heterocycles. The van der Waals surface area contributed by atoms with Crippen LogP contribution in [-0.2, 0) is 28.2 Å². The van der Waals surface area contributed by atoms with E-state index in [9.17, 15) is 4.79 Å². The Balaban J connectivity index is 1.73. The highest BCUT2D eigenvalue weighted by Gasteiger charge is 2.21. The molecule has 1 aromatic heterocycles. The summed E-state index contributed by atoms with van der Waals surface area (Å²) in [4.78, 5) is 11.1. The number of carbonyl (C=O) groups is 1. The quantitative estimate of drug-likeness (QED) is 0.712. The molecule has 6 nitrogen and oxygen atoms in total. The zero-order valence-electron chi connectivity index (χ0n) is 13.9. The zero-order valence-corrected chi connectivity index (χ0v) is 15.4. The standard InChI is InChI=1S/C17H21ClN4O2S/c18-13-4-1-3-12(9-13)11-25-17-21-20-16(7-6-15(19)23)22(17)10-14-5-2-8-24-14/h1,3-4,9,14H,2,5-8,10-11H2,(H2,19,23). The van der Waals surface area contributed by atoms with Crippen molar-refractivity contribution in [2.24, 2.45) is 5.73 Å². The highest BCUT2D eigenvalue weighted by Crippen LogP contribution is 2.25. The maximum atomic E-state index is 11.1. The molecule has 1 saturated heterocycles. The molecule has 2 aromatic rings. The van der Waals surface area contributed by atoms with Crippen LogP contribution in [0.1, 0.15) is 30.7 Å². The molecule has 1 fully saturated rings. The molecule has 2 N–H and O–H groups in total. The van der Waals surface area contributed by atoms with Gasteiger partial charge < -0.3 is 15.0 Å². The van der Waals surface area contributed by atoms with Crippen LogP contribution in [0.3, 0.4) is 0 Å². The Morgan fingerprint density at radius 2 is 2.32 bits per heavy atom. The Kier molecular flexibility index (Phi) is 6.34. The lowest BCUT2D eigenvalue weighted by molar-refractivity contribution is -0.118. The fraction of sp³-hybridized carbons (Fsp3) is 0.471. The summed E-state index contributed by atoms with van der Waals surface area (Å²) in [6, 6.07) is 7.78. The number of hydrogen-bond acceptors (Lipinski definition) is 5. The molecule has 0 bridgehead atoms. The molecule has 1 aliphatic rings. The maximum absolute atomic E-state index is 11.1. The minimum Gasteiger partial charge on any atom is -0.376 e. The number of hydrogen-bond donors (Lipinski definition) is 1. The van der Waals surface area contributed by atoms with Crippen LogP contribution < -0.4 is 5.73 Å². The number of aromatic nitrogens is 3. The number of carbonyl (C=O) groups excluding carboxylic acids is 1. The number of rotatable bonds is 8. The molecule has 1 amide bonds. The van der Waals surface area contributed by atoms with Gasteiger partial charge in [0.15, 0.2) is 5.16 Å². The Hall–Kier alpha value is -1.57. The lowest BCUT2D eigenvalue weighted by Gasteiger charge is -2.14. The fourth-order valence-corrected chi connectivity index (χ4v) is 3.92. The molecule has 134 valence electrons. The van der Waals surface area contributed by atoms with Crippen LogP contribution in [0.4, 0.5) is 0 Å². The van der Waals surface area contributed by atoms with Crippen molar-refractivity contribution in [3.8, 4) is 0 Å². The van der Waals surface area contributed by atoms with E-state index in [2.05, 4.69) is 14.8 Å². The van der Waals surface area contributed by atoms with E-state index < -0.39 is 0 Å². The minimum atomic E-state index is -0.334. The Morgan fingerprint density at radius 1 is 1.44 bits per heavy atom. The molecular weight excluding hydrogens is 360 g/mol. The van der Waals surface area contributed by atoms with E-state index in [1.165, 1.54) is 0 Å². The first-order valence-corrected chi connectivity index (χ1v) is 9.67. The van der Waals surface area contributed by atoms with Gasteiger partial charge in [0.1, 0.15) is 5.82 Å². The number of ether oxygens (including phenoxy) is 1. The van der Waals surface area contributed by atoms with Gasteiger partial charge in [0, 0.05) is 30.2 Å². The first-order chi connectivity index (χ1) is 12.1. The van der Waals surface area contributed by atoms with Crippen molar-refractivity contribution in [3.63, 3.8) is 0 Å². The average molecular weight is 381 g/mol. The summed E-state index contributed by atoms with van der Waals surface area (Å²) in [5, 5.41) is 10.1. The van der Waals surface area contributed by atoms with Crippen LogP contribution in [0.2, 0.25) is 5.02 Å². The van der Waals surface area contributed by atoms with Gasteiger partial charge in [0.2, 0.25) is 5.91 Å². The number of halogens is 1. The molecule has 1 aromatic carbocycles. The molecule has 2 heterocycles. The Morgan fingerprint density at radius 3 is 3.04 bits per heavy atom. The number of benzene rings is 1. The van der Waals surface area contributed by atoms with Crippen molar-refractivity contribution in [3.05, 3.63) is 40.7 Å². The number of amides is 1. The zero-order chi connectivity index (χ0) is 17.6. The first-order valence-electron chi connectivity index (χ1n) is 8.31. The molecule has 3 rings (SSSR count). The second kappa shape index (κ2) is 8.69. The molecule has 8 heteroatoms. The normalized spacial score (nSPS) is 17.1. The second-order valence-electron chi connectivity index (χ2n) is 6.03. The summed E-state index contributed by atoms with van der Waals surface area (Å²) in [5.74, 6) is 1.20.